The van der Waals surface area contributed by atoms with Crippen LogP contribution in [0.25, 0.3) is 37.8 Å². The predicted molar refractivity (Wildman–Crippen MR) is 149 cm³/mol. The number of hydrogen-bond donors (Lipinski definition) is 0. The van der Waals surface area contributed by atoms with E-state index in [9.17, 15) is 4.79 Å². The fourth-order valence-electron chi connectivity index (χ4n) is 4.56. The van der Waals surface area contributed by atoms with E-state index in [4.69, 9.17) is 4.98 Å². The van der Waals surface area contributed by atoms with Crippen molar-refractivity contribution in [3.63, 3.8) is 0 Å². The summed E-state index contributed by atoms with van der Waals surface area (Å²) in [6.07, 6.45) is 0. The van der Waals surface area contributed by atoms with E-state index < -0.39 is 0 Å². The number of thiophene rings is 1. The van der Waals surface area contributed by atoms with Crippen molar-refractivity contribution in [1.29, 1.82) is 0 Å². The van der Waals surface area contributed by atoms with Gasteiger partial charge in [0.05, 0.1) is 11.1 Å². The Kier molecular flexibility index (Phi) is 5.72. The lowest BCUT2D eigenvalue weighted by Crippen LogP contribution is -2.21. The minimum atomic E-state index is -0.0233. The Morgan fingerprint density at radius 1 is 0.829 bits per heavy atom. The molecule has 0 amide bonds. The Morgan fingerprint density at radius 2 is 1.51 bits per heavy atom. The van der Waals surface area contributed by atoms with Gasteiger partial charge in [-0.2, -0.15) is 0 Å². The van der Waals surface area contributed by atoms with E-state index in [-0.39, 0.29) is 5.56 Å². The Bertz CT molecular complexity index is 1720. The number of fused-ring (bicyclic) bond motifs is 2. The normalized spacial score (nSPS) is 11.3. The first-order valence-electron chi connectivity index (χ1n) is 11.5. The molecule has 0 bridgehead atoms. The largest absolute Gasteiger partial charge is 0.268 e. The molecule has 0 aliphatic carbocycles. The van der Waals surface area contributed by atoms with Crippen LogP contribution in [0.5, 0.6) is 0 Å². The number of rotatable bonds is 5. The van der Waals surface area contributed by atoms with Crippen LogP contribution in [0.15, 0.2) is 113 Å². The number of thioether (sulfide) groups is 1. The van der Waals surface area contributed by atoms with Crippen LogP contribution in [0.2, 0.25) is 0 Å². The van der Waals surface area contributed by atoms with Crippen molar-refractivity contribution in [3.8, 4) is 16.8 Å². The van der Waals surface area contributed by atoms with E-state index in [1.165, 1.54) is 16.3 Å². The van der Waals surface area contributed by atoms with Gasteiger partial charge in [0.1, 0.15) is 4.83 Å². The van der Waals surface area contributed by atoms with E-state index in [1.807, 2.05) is 48.5 Å². The second kappa shape index (κ2) is 9.17. The zero-order chi connectivity index (χ0) is 23.8. The molecule has 2 aromatic heterocycles. The van der Waals surface area contributed by atoms with Crippen LogP contribution >= 0.6 is 23.1 Å². The summed E-state index contributed by atoms with van der Waals surface area (Å²) >= 11 is 3.20. The van der Waals surface area contributed by atoms with Gasteiger partial charge in [-0.15, -0.1) is 11.3 Å². The number of benzene rings is 4. The van der Waals surface area contributed by atoms with Crippen molar-refractivity contribution in [2.24, 2.45) is 0 Å². The molecule has 5 heteroatoms. The molecular weight excluding hydrogens is 468 g/mol. The Hall–Kier alpha value is -3.67. The van der Waals surface area contributed by atoms with Gasteiger partial charge in [-0.25, -0.2) is 4.98 Å². The SMILES string of the molecule is Cc1sc2nc(SCc3cccc4ccccc34)n(-c3ccccc3)c(=O)c2c1-c1ccccc1. The summed E-state index contributed by atoms with van der Waals surface area (Å²) in [4.78, 5) is 21.1. The first-order chi connectivity index (χ1) is 17.2. The molecule has 0 saturated heterocycles. The lowest BCUT2D eigenvalue weighted by atomic mass is 10.0. The average molecular weight is 491 g/mol. The molecule has 0 atom stereocenters. The molecule has 0 aliphatic rings. The van der Waals surface area contributed by atoms with Gasteiger partial charge in [-0.1, -0.05) is 103 Å². The zero-order valence-corrected chi connectivity index (χ0v) is 20.8. The van der Waals surface area contributed by atoms with Crippen LogP contribution in [-0.4, -0.2) is 9.55 Å². The van der Waals surface area contributed by atoms with Crippen molar-refractivity contribution >= 4 is 44.1 Å². The maximum absolute atomic E-state index is 14.1. The molecule has 0 unspecified atom stereocenters. The number of aryl methyl sites for hydroxylation is 1. The van der Waals surface area contributed by atoms with Crippen LogP contribution in [-0.2, 0) is 5.75 Å². The van der Waals surface area contributed by atoms with E-state index >= 15 is 0 Å². The Morgan fingerprint density at radius 3 is 2.31 bits per heavy atom. The van der Waals surface area contributed by atoms with Gasteiger partial charge < -0.3 is 0 Å². The van der Waals surface area contributed by atoms with Crippen LogP contribution in [0, 0.1) is 6.92 Å². The van der Waals surface area contributed by atoms with Crippen molar-refractivity contribution < 1.29 is 0 Å². The number of aromatic nitrogens is 2. The molecule has 170 valence electrons. The van der Waals surface area contributed by atoms with Crippen LogP contribution in [0.3, 0.4) is 0 Å². The van der Waals surface area contributed by atoms with Crippen LogP contribution < -0.4 is 5.56 Å². The van der Waals surface area contributed by atoms with Crippen molar-refractivity contribution in [2.75, 3.05) is 0 Å². The number of nitrogens with zero attached hydrogens (tertiary/aromatic N) is 2. The molecule has 0 aliphatic heterocycles. The summed E-state index contributed by atoms with van der Waals surface area (Å²) in [5.74, 6) is 0.724. The van der Waals surface area contributed by atoms with Gasteiger partial charge in [-0.05, 0) is 41.0 Å². The van der Waals surface area contributed by atoms with Crippen molar-refractivity contribution in [2.45, 2.75) is 17.8 Å². The lowest BCUT2D eigenvalue weighted by molar-refractivity contribution is 0.823. The Balaban J connectivity index is 1.53. The lowest BCUT2D eigenvalue weighted by Gasteiger charge is -2.13. The monoisotopic (exact) mass is 490 g/mol. The third-order valence-corrected chi connectivity index (χ3v) is 8.17. The number of hydrogen-bond acceptors (Lipinski definition) is 4. The minimum absolute atomic E-state index is 0.0233. The fraction of sp³-hybridized carbons (Fsp3) is 0.0667. The maximum Gasteiger partial charge on any atom is 0.268 e. The first kappa shape index (κ1) is 21.8. The molecule has 35 heavy (non-hydrogen) atoms. The molecule has 6 rings (SSSR count). The molecule has 0 saturated carbocycles. The average Bonchev–Trinajstić information content (AvgIpc) is 3.24. The topological polar surface area (TPSA) is 34.9 Å². The summed E-state index contributed by atoms with van der Waals surface area (Å²) in [5.41, 5.74) is 4.07. The van der Waals surface area contributed by atoms with Gasteiger partial charge in [-0.3, -0.25) is 9.36 Å². The molecule has 0 spiro atoms. The molecular formula is C30H22N2OS2. The first-order valence-corrected chi connectivity index (χ1v) is 13.3. The minimum Gasteiger partial charge on any atom is -0.268 e. The summed E-state index contributed by atoms with van der Waals surface area (Å²) in [7, 11) is 0. The van der Waals surface area contributed by atoms with Gasteiger partial charge in [0, 0.05) is 16.2 Å². The van der Waals surface area contributed by atoms with E-state index in [1.54, 1.807) is 27.7 Å². The van der Waals surface area contributed by atoms with Gasteiger partial charge in [0.15, 0.2) is 5.16 Å². The molecule has 2 heterocycles. The summed E-state index contributed by atoms with van der Waals surface area (Å²) in [6.45, 7) is 2.07. The third kappa shape index (κ3) is 3.97. The van der Waals surface area contributed by atoms with Gasteiger partial charge in [0.25, 0.3) is 5.56 Å². The summed E-state index contributed by atoms with van der Waals surface area (Å²) in [6, 6.07) is 34.8. The molecule has 4 aromatic carbocycles. The molecule has 0 N–H and O–H groups in total. The molecule has 0 radical (unpaired) electrons. The molecule has 6 aromatic rings. The second-order valence-electron chi connectivity index (χ2n) is 8.38. The standard InChI is InChI=1S/C30H22N2OS2/c1-20-26(22-12-4-2-5-13-22)27-28(35-20)31-30(32(29(27)33)24-16-6-3-7-17-24)34-19-23-15-10-14-21-11-8-9-18-25(21)23/h2-18H,19H2,1H3. The summed E-state index contributed by atoms with van der Waals surface area (Å²) in [5, 5.41) is 3.85. The van der Waals surface area contributed by atoms with E-state index in [2.05, 4.69) is 61.5 Å². The maximum atomic E-state index is 14.1. The smallest absolute Gasteiger partial charge is 0.268 e. The highest BCUT2D eigenvalue weighted by molar-refractivity contribution is 7.98. The third-order valence-electron chi connectivity index (χ3n) is 6.18. The van der Waals surface area contributed by atoms with Gasteiger partial charge in [0.2, 0.25) is 0 Å². The highest BCUT2D eigenvalue weighted by atomic mass is 32.2. The predicted octanol–water partition coefficient (Wildman–Crippen LogP) is 7.87. The van der Waals surface area contributed by atoms with Crippen LogP contribution in [0.1, 0.15) is 10.4 Å². The zero-order valence-electron chi connectivity index (χ0n) is 19.1. The molecule has 3 nitrogen and oxygen atoms in total. The molecule has 0 fully saturated rings. The second-order valence-corrected chi connectivity index (χ2v) is 10.5. The number of para-hydroxylation sites is 1. The summed E-state index contributed by atoms with van der Waals surface area (Å²) < 4.78 is 1.77. The van der Waals surface area contributed by atoms with Crippen molar-refractivity contribution in [1.82, 2.24) is 9.55 Å². The highest BCUT2D eigenvalue weighted by Gasteiger charge is 2.21. The van der Waals surface area contributed by atoms with E-state index in [0.717, 1.165) is 32.3 Å². The quantitative estimate of drug-likeness (QED) is 0.182. The Labute approximate surface area is 211 Å². The van der Waals surface area contributed by atoms with E-state index in [0.29, 0.717) is 10.5 Å². The van der Waals surface area contributed by atoms with Crippen molar-refractivity contribution in [3.05, 3.63) is 124 Å². The van der Waals surface area contributed by atoms with Crippen LogP contribution in [0.4, 0.5) is 0 Å². The highest BCUT2D eigenvalue weighted by Crippen LogP contribution is 2.37. The van der Waals surface area contributed by atoms with Gasteiger partial charge >= 0.3 is 0 Å². The fourth-order valence-corrected chi connectivity index (χ4v) is 6.66.